The van der Waals surface area contributed by atoms with Gasteiger partial charge in [-0.1, -0.05) is 47.4 Å². The Balaban J connectivity index is 1.26. The average Bonchev–Trinajstić information content (AvgIpc) is 3.14. The standard InChI is InChI=1S/C26H39N3O4S3/c1-25(2,22(29-34)23(27)31)36-35-13-12-28-24(32)33-21-9-8-20-19-6-4-15-14-16(30)5-7-17(15)18(19)10-11-26(20,21)3/h5,7,14,18-22,29-30,34H,4,6,8-13H2,1-3H3,(H2,27,31)(H,28,32)/t18?,19?,20?,21?,22-,26?/m1/s1. The summed E-state index contributed by atoms with van der Waals surface area (Å²) in [4.78, 5) is 24.2. The summed E-state index contributed by atoms with van der Waals surface area (Å²) in [6.07, 6.45) is 5.95. The fraction of sp³-hybridized carbons (Fsp3) is 0.692. The SMILES string of the molecule is CC12CCC3c4ccc(O)cc4CCC3C1CCC2OC(=O)NCCSSC(C)(C)[C@H](NS)C(N)=O. The van der Waals surface area contributed by atoms with Gasteiger partial charge in [0.1, 0.15) is 17.9 Å². The van der Waals surface area contributed by atoms with Gasteiger partial charge in [0.25, 0.3) is 0 Å². The van der Waals surface area contributed by atoms with Crippen molar-refractivity contribution in [1.29, 1.82) is 0 Å². The summed E-state index contributed by atoms with van der Waals surface area (Å²) in [6.45, 7) is 6.69. The van der Waals surface area contributed by atoms with Crippen LogP contribution in [0.25, 0.3) is 0 Å². The third-order valence-electron chi connectivity index (χ3n) is 8.71. The molecule has 3 aliphatic carbocycles. The molecule has 0 bridgehead atoms. The number of fused-ring (bicyclic) bond motifs is 5. The molecule has 0 saturated heterocycles. The molecule has 2 saturated carbocycles. The van der Waals surface area contributed by atoms with Gasteiger partial charge in [0, 0.05) is 22.5 Å². The number of primary amides is 1. The molecule has 36 heavy (non-hydrogen) atoms. The maximum absolute atomic E-state index is 12.6. The predicted molar refractivity (Wildman–Crippen MR) is 150 cm³/mol. The molecule has 5 N–H and O–H groups in total. The molecule has 2 fully saturated rings. The van der Waals surface area contributed by atoms with E-state index in [1.165, 1.54) is 11.1 Å². The zero-order chi connectivity index (χ0) is 26.1. The van der Waals surface area contributed by atoms with Gasteiger partial charge in [0.2, 0.25) is 5.91 Å². The van der Waals surface area contributed by atoms with Crippen molar-refractivity contribution in [2.75, 3.05) is 12.3 Å². The molecular formula is C26H39N3O4S3. The van der Waals surface area contributed by atoms with E-state index in [1.54, 1.807) is 21.6 Å². The van der Waals surface area contributed by atoms with Crippen molar-refractivity contribution in [3.05, 3.63) is 29.3 Å². The number of thiol groups is 1. The van der Waals surface area contributed by atoms with Crippen LogP contribution in [-0.2, 0) is 16.0 Å². The van der Waals surface area contributed by atoms with E-state index in [0.29, 0.717) is 35.8 Å². The second kappa shape index (κ2) is 11.3. The summed E-state index contributed by atoms with van der Waals surface area (Å²) >= 11 is 4.02. The molecule has 2 amide bonds. The highest BCUT2D eigenvalue weighted by atomic mass is 33.1. The Morgan fingerprint density at radius 1 is 1.31 bits per heavy atom. The van der Waals surface area contributed by atoms with Crippen LogP contribution in [0.5, 0.6) is 5.75 Å². The van der Waals surface area contributed by atoms with Crippen LogP contribution in [0.15, 0.2) is 18.2 Å². The van der Waals surface area contributed by atoms with E-state index in [1.807, 2.05) is 26.0 Å². The van der Waals surface area contributed by atoms with Crippen LogP contribution in [0.1, 0.15) is 69.9 Å². The fourth-order valence-electron chi connectivity index (χ4n) is 6.88. The number of ether oxygens (including phenoxy) is 1. The van der Waals surface area contributed by atoms with Gasteiger partial charge < -0.3 is 20.9 Å². The highest BCUT2D eigenvalue weighted by Crippen LogP contribution is 2.61. The van der Waals surface area contributed by atoms with Crippen molar-refractivity contribution in [3.63, 3.8) is 0 Å². The third kappa shape index (κ3) is 5.61. The Bertz CT molecular complexity index is 978. The lowest BCUT2D eigenvalue weighted by molar-refractivity contribution is -0.120. The van der Waals surface area contributed by atoms with Crippen LogP contribution in [0, 0.1) is 17.3 Å². The maximum atomic E-state index is 12.6. The van der Waals surface area contributed by atoms with Crippen LogP contribution in [0.3, 0.4) is 0 Å². The van der Waals surface area contributed by atoms with Gasteiger partial charge in [0.15, 0.2) is 0 Å². The second-order valence-corrected chi connectivity index (χ2v) is 14.5. The minimum Gasteiger partial charge on any atom is -0.508 e. The molecule has 4 rings (SSSR count). The number of phenolic OH excluding ortho intramolecular Hbond substituents is 1. The first-order valence-corrected chi connectivity index (χ1v) is 15.6. The Hall–Kier alpha value is -1.23. The molecule has 0 radical (unpaired) electrons. The molecule has 0 aliphatic heterocycles. The number of aromatic hydroxyl groups is 1. The first kappa shape index (κ1) is 27.8. The van der Waals surface area contributed by atoms with Gasteiger partial charge in [-0.3, -0.25) is 9.52 Å². The Morgan fingerprint density at radius 3 is 2.81 bits per heavy atom. The maximum Gasteiger partial charge on any atom is 0.407 e. The number of carbonyl (C=O) groups excluding carboxylic acids is 2. The Kier molecular flexibility index (Phi) is 8.69. The minimum atomic E-state index is -0.563. The highest BCUT2D eigenvalue weighted by Gasteiger charge is 2.56. The normalized spacial score (nSPS) is 30.0. The fourth-order valence-corrected chi connectivity index (χ4v) is 9.96. The molecule has 3 aliphatic rings. The number of phenols is 1. The van der Waals surface area contributed by atoms with Crippen LogP contribution < -0.4 is 15.8 Å². The summed E-state index contributed by atoms with van der Waals surface area (Å²) < 4.78 is 8.24. The van der Waals surface area contributed by atoms with Crippen LogP contribution in [0.2, 0.25) is 0 Å². The van der Waals surface area contributed by atoms with E-state index in [2.05, 4.69) is 35.8 Å². The zero-order valence-corrected chi connectivity index (χ0v) is 23.8. The molecule has 7 nitrogen and oxygen atoms in total. The monoisotopic (exact) mass is 553 g/mol. The van der Waals surface area contributed by atoms with Crippen LogP contribution in [0.4, 0.5) is 4.79 Å². The van der Waals surface area contributed by atoms with Gasteiger partial charge in [-0.25, -0.2) is 4.79 Å². The first-order valence-electron chi connectivity index (χ1n) is 12.8. The summed E-state index contributed by atoms with van der Waals surface area (Å²) in [7, 11) is 3.12. The number of benzene rings is 1. The van der Waals surface area contributed by atoms with Gasteiger partial charge in [0.05, 0.1) is 0 Å². The molecule has 1 aromatic rings. The average molecular weight is 554 g/mol. The van der Waals surface area contributed by atoms with E-state index in [-0.39, 0.29) is 17.6 Å². The summed E-state index contributed by atoms with van der Waals surface area (Å²) in [5.74, 6) is 2.32. The number of nitrogens with two attached hydrogens (primary N) is 1. The van der Waals surface area contributed by atoms with E-state index >= 15 is 0 Å². The number of hydrogen-bond acceptors (Lipinski definition) is 8. The van der Waals surface area contributed by atoms with Crippen molar-refractivity contribution in [3.8, 4) is 5.75 Å². The first-order chi connectivity index (χ1) is 17.1. The predicted octanol–water partition coefficient (Wildman–Crippen LogP) is 4.79. The third-order valence-corrected chi connectivity index (χ3v) is 12.3. The van der Waals surface area contributed by atoms with Gasteiger partial charge in [-0.15, -0.1) is 0 Å². The zero-order valence-electron chi connectivity index (χ0n) is 21.3. The number of amides is 2. The summed E-state index contributed by atoms with van der Waals surface area (Å²) in [5.41, 5.74) is 8.18. The smallest absolute Gasteiger partial charge is 0.407 e. The van der Waals surface area contributed by atoms with Gasteiger partial charge in [-0.05, 0) is 93.4 Å². The second-order valence-electron chi connectivity index (χ2n) is 11.2. The quantitative estimate of drug-likeness (QED) is 0.170. The molecule has 0 aromatic heterocycles. The topological polar surface area (TPSA) is 114 Å². The number of alkyl carbamates (subject to hydrolysis) is 1. The minimum absolute atomic E-state index is 0.0190. The highest BCUT2D eigenvalue weighted by molar-refractivity contribution is 8.77. The van der Waals surface area contributed by atoms with Crippen molar-refractivity contribution >= 4 is 46.4 Å². The number of carbonyl (C=O) groups is 2. The molecule has 0 spiro atoms. The summed E-state index contributed by atoms with van der Waals surface area (Å²) in [5, 5.41) is 12.8. The van der Waals surface area contributed by atoms with Crippen molar-refractivity contribution in [1.82, 2.24) is 10.0 Å². The Labute approximate surface area is 227 Å². The molecule has 1 aromatic carbocycles. The summed E-state index contributed by atoms with van der Waals surface area (Å²) in [6, 6.07) is 5.33. The lowest BCUT2D eigenvalue weighted by atomic mass is 9.55. The molecule has 200 valence electrons. The number of aryl methyl sites for hydroxylation is 1. The van der Waals surface area contributed by atoms with E-state index in [4.69, 9.17) is 10.5 Å². The van der Waals surface area contributed by atoms with Gasteiger partial charge in [-0.2, -0.15) is 0 Å². The van der Waals surface area contributed by atoms with Crippen LogP contribution >= 0.6 is 34.4 Å². The lowest BCUT2D eigenvalue weighted by Crippen LogP contribution is -2.49. The van der Waals surface area contributed by atoms with Crippen molar-refractivity contribution in [2.24, 2.45) is 23.0 Å². The number of rotatable bonds is 9. The van der Waals surface area contributed by atoms with Gasteiger partial charge >= 0.3 is 6.09 Å². The molecule has 5 unspecified atom stereocenters. The molecule has 0 heterocycles. The molecular weight excluding hydrogens is 515 g/mol. The molecule has 10 heteroatoms. The van der Waals surface area contributed by atoms with E-state index in [0.717, 1.165) is 38.5 Å². The van der Waals surface area contributed by atoms with E-state index in [9.17, 15) is 14.7 Å². The number of nitrogens with one attached hydrogen (secondary N) is 2. The number of hydrogen-bond donors (Lipinski definition) is 5. The van der Waals surface area contributed by atoms with Crippen molar-refractivity contribution in [2.45, 2.75) is 82.1 Å². The van der Waals surface area contributed by atoms with Crippen LogP contribution in [-0.4, -0.2) is 46.3 Å². The largest absolute Gasteiger partial charge is 0.508 e. The van der Waals surface area contributed by atoms with Crippen molar-refractivity contribution < 1.29 is 19.4 Å². The Morgan fingerprint density at radius 2 is 2.08 bits per heavy atom. The molecule has 6 atom stereocenters. The van der Waals surface area contributed by atoms with E-state index < -0.39 is 16.7 Å². The lowest BCUT2D eigenvalue weighted by Gasteiger charge is -2.50.